The van der Waals surface area contributed by atoms with Crippen LogP contribution in [0.15, 0.2) is 18.3 Å². The highest BCUT2D eigenvalue weighted by Crippen LogP contribution is 2.46. The molecule has 102 valence electrons. The number of anilines is 1. The highest BCUT2D eigenvalue weighted by Gasteiger charge is 2.45. The number of nitrogens with zero attached hydrogens (tertiary/aromatic N) is 1. The molecule has 1 atom stereocenters. The Hall–Kier alpha value is -1.49. The average Bonchev–Trinajstić information content (AvgIpc) is 2.73. The zero-order valence-corrected chi connectivity index (χ0v) is 10.7. The highest BCUT2D eigenvalue weighted by atomic mass is 19.1. The van der Waals surface area contributed by atoms with Crippen molar-refractivity contribution in [3.05, 3.63) is 24.1 Å². The monoisotopic (exact) mass is 264 g/mol. The Labute approximate surface area is 111 Å². The van der Waals surface area contributed by atoms with Gasteiger partial charge in [0.1, 0.15) is 11.6 Å². The summed E-state index contributed by atoms with van der Waals surface area (Å²) in [6.07, 6.45) is 7.11. The number of hydrogen-bond donors (Lipinski definition) is 1. The summed E-state index contributed by atoms with van der Waals surface area (Å²) in [5, 5.41) is 2.60. The average molecular weight is 264 g/mol. The second kappa shape index (κ2) is 4.89. The van der Waals surface area contributed by atoms with Gasteiger partial charge in [0.15, 0.2) is 0 Å². The summed E-state index contributed by atoms with van der Waals surface area (Å²) in [5.41, 5.74) is 0.0715. The lowest BCUT2D eigenvalue weighted by molar-refractivity contribution is -0.124. The van der Waals surface area contributed by atoms with Crippen molar-refractivity contribution in [1.29, 1.82) is 0 Å². The second-order valence-electron chi connectivity index (χ2n) is 5.43. The first kappa shape index (κ1) is 12.5. The lowest BCUT2D eigenvalue weighted by Gasteiger charge is -2.37. The summed E-state index contributed by atoms with van der Waals surface area (Å²) >= 11 is 0. The van der Waals surface area contributed by atoms with Gasteiger partial charge in [-0.2, -0.15) is 0 Å². The number of halogens is 1. The summed E-state index contributed by atoms with van der Waals surface area (Å²) < 4.78 is 18.9. The van der Waals surface area contributed by atoms with E-state index >= 15 is 0 Å². The number of ether oxygens (including phenoxy) is 1. The third kappa shape index (κ3) is 2.76. The molecular formula is C14H17FN2O2. The van der Waals surface area contributed by atoms with Crippen LogP contribution in [0.25, 0.3) is 0 Å². The molecule has 1 N–H and O–H groups in total. The third-order valence-electron chi connectivity index (χ3n) is 4.01. The fraction of sp³-hybridized carbons (Fsp3) is 0.571. The van der Waals surface area contributed by atoms with E-state index in [2.05, 4.69) is 10.3 Å². The van der Waals surface area contributed by atoms with E-state index in [1.807, 2.05) is 0 Å². The van der Waals surface area contributed by atoms with Gasteiger partial charge in [0.2, 0.25) is 5.91 Å². The first-order chi connectivity index (χ1) is 9.15. The van der Waals surface area contributed by atoms with Crippen LogP contribution < -0.4 is 5.32 Å². The predicted molar refractivity (Wildman–Crippen MR) is 68.1 cm³/mol. The smallest absolute Gasteiger partial charge is 0.228 e. The van der Waals surface area contributed by atoms with Gasteiger partial charge in [0.25, 0.3) is 0 Å². The topological polar surface area (TPSA) is 51.2 Å². The molecule has 1 aromatic rings. The molecule has 1 aromatic heterocycles. The zero-order chi connectivity index (χ0) is 13.3. The van der Waals surface area contributed by atoms with Crippen molar-refractivity contribution in [3.63, 3.8) is 0 Å². The van der Waals surface area contributed by atoms with Gasteiger partial charge in [-0.15, -0.1) is 0 Å². The van der Waals surface area contributed by atoms with E-state index in [1.165, 1.54) is 24.8 Å². The molecule has 1 saturated carbocycles. The van der Waals surface area contributed by atoms with Gasteiger partial charge in [-0.05, 0) is 38.2 Å². The molecule has 2 aliphatic rings. The maximum Gasteiger partial charge on any atom is 0.228 e. The lowest BCUT2D eigenvalue weighted by atomic mass is 9.78. The summed E-state index contributed by atoms with van der Waals surface area (Å²) in [7, 11) is 0. The van der Waals surface area contributed by atoms with E-state index in [4.69, 9.17) is 4.74 Å². The molecular weight excluding hydrogens is 247 g/mol. The van der Waals surface area contributed by atoms with Crippen LogP contribution in [0.3, 0.4) is 0 Å². The zero-order valence-electron chi connectivity index (χ0n) is 10.7. The van der Waals surface area contributed by atoms with Crippen molar-refractivity contribution in [2.24, 2.45) is 0 Å². The molecule has 1 spiro atoms. The Kier molecular flexibility index (Phi) is 3.22. The van der Waals surface area contributed by atoms with Gasteiger partial charge in [-0.1, -0.05) is 0 Å². The number of aromatic nitrogens is 1. The molecule has 1 saturated heterocycles. The van der Waals surface area contributed by atoms with Crippen LogP contribution in [0.2, 0.25) is 0 Å². The highest BCUT2D eigenvalue weighted by molar-refractivity contribution is 5.90. The molecule has 19 heavy (non-hydrogen) atoms. The molecule has 5 heteroatoms. The SMILES string of the molecule is O=C(CC1CCC2(CCC2)O1)Nc1cc(F)ccn1. The van der Waals surface area contributed by atoms with E-state index in [9.17, 15) is 9.18 Å². The normalized spacial score (nSPS) is 24.2. The Morgan fingerprint density at radius 1 is 1.53 bits per heavy atom. The van der Waals surface area contributed by atoms with E-state index in [0.717, 1.165) is 25.7 Å². The summed E-state index contributed by atoms with van der Waals surface area (Å²) in [5.74, 6) is -0.323. The van der Waals surface area contributed by atoms with Crippen molar-refractivity contribution in [3.8, 4) is 0 Å². The molecule has 3 rings (SSSR count). The molecule has 2 heterocycles. The molecule has 1 amide bonds. The number of carbonyl (C=O) groups excluding carboxylic acids is 1. The van der Waals surface area contributed by atoms with Crippen molar-refractivity contribution < 1.29 is 13.9 Å². The molecule has 1 aliphatic carbocycles. The van der Waals surface area contributed by atoms with Crippen molar-refractivity contribution in [1.82, 2.24) is 4.98 Å². The summed E-state index contributed by atoms with van der Waals surface area (Å²) in [6.45, 7) is 0. The molecule has 4 nitrogen and oxygen atoms in total. The van der Waals surface area contributed by atoms with Gasteiger partial charge in [-0.25, -0.2) is 9.37 Å². The largest absolute Gasteiger partial charge is 0.371 e. The minimum absolute atomic E-state index is 0.00569. The van der Waals surface area contributed by atoms with Crippen LogP contribution in [0.5, 0.6) is 0 Å². The number of carbonyl (C=O) groups is 1. The number of amides is 1. The second-order valence-corrected chi connectivity index (χ2v) is 5.43. The van der Waals surface area contributed by atoms with Crippen LogP contribution in [-0.4, -0.2) is 22.6 Å². The Bertz CT molecular complexity index is 488. The Balaban J connectivity index is 1.52. The first-order valence-corrected chi connectivity index (χ1v) is 6.74. The first-order valence-electron chi connectivity index (χ1n) is 6.74. The van der Waals surface area contributed by atoms with Crippen LogP contribution in [0.4, 0.5) is 10.2 Å². The Morgan fingerprint density at radius 2 is 2.37 bits per heavy atom. The number of hydrogen-bond acceptors (Lipinski definition) is 3. The van der Waals surface area contributed by atoms with Gasteiger partial charge >= 0.3 is 0 Å². The van der Waals surface area contributed by atoms with Crippen LogP contribution in [0, 0.1) is 5.82 Å². The van der Waals surface area contributed by atoms with E-state index in [1.54, 1.807) is 0 Å². The molecule has 0 aromatic carbocycles. The fourth-order valence-corrected chi connectivity index (χ4v) is 2.85. The number of nitrogens with one attached hydrogen (secondary N) is 1. The third-order valence-corrected chi connectivity index (χ3v) is 4.01. The quantitative estimate of drug-likeness (QED) is 0.913. The van der Waals surface area contributed by atoms with Crippen molar-refractivity contribution >= 4 is 11.7 Å². The lowest BCUT2D eigenvalue weighted by Crippen LogP contribution is -2.37. The summed E-state index contributed by atoms with van der Waals surface area (Å²) in [4.78, 5) is 15.7. The van der Waals surface area contributed by atoms with Crippen LogP contribution >= 0.6 is 0 Å². The van der Waals surface area contributed by atoms with Crippen molar-refractivity contribution in [2.75, 3.05) is 5.32 Å². The predicted octanol–water partition coefficient (Wildman–Crippen LogP) is 2.65. The number of rotatable bonds is 3. The van der Waals surface area contributed by atoms with Crippen molar-refractivity contribution in [2.45, 2.75) is 50.2 Å². The minimum Gasteiger partial charge on any atom is -0.371 e. The molecule has 2 fully saturated rings. The minimum atomic E-state index is -0.407. The Morgan fingerprint density at radius 3 is 3.00 bits per heavy atom. The summed E-state index contributed by atoms with van der Waals surface area (Å²) in [6, 6.07) is 2.46. The standard InChI is InChI=1S/C14H17FN2O2/c15-10-3-7-16-12(8-10)17-13(18)9-11-2-6-14(19-11)4-1-5-14/h3,7-8,11H,1-2,4-6,9H2,(H,16,17,18). The van der Waals surface area contributed by atoms with Crippen LogP contribution in [0.1, 0.15) is 38.5 Å². The maximum atomic E-state index is 13.0. The van der Waals surface area contributed by atoms with E-state index in [0.29, 0.717) is 6.42 Å². The van der Waals surface area contributed by atoms with Gasteiger partial charge in [0.05, 0.1) is 18.1 Å². The fourth-order valence-electron chi connectivity index (χ4n) is 2.85. The van der Waals surface area contributed by atoms with Gasteiger partial charge in [-0.3, -0.25) is 4.79 Å². The molecule has 0 bridgehead atoms. The van der Waals surface area contributed by atoms with Gasteiger partial charge < -0.3 is 10.1 Å². The van der Waals surface area contributed by atoms with E-state index < -0.39 is 5.82 Å². The maximum absolute atomic E-state index is 13.0. The molecule has 1 aliphatic heterocycles. The molecule has 0 radical (unpaired) electrons. The van der Waals surface area contributed by atoms with Gasteiger partial charge in [0, 0.05) is 12.3 Å². The number of pyridine rings is 1. The van der Waals surface area contributed by atoms with Crippen LogP contribution in [-0.2, 0) is 9.53 Å². The van der Waals surface area contributed by atoms with E-state index in [-0.39, 0.29) is 23.4 Å². The molecule has 1 unspecified atom stereocenters.